The molecule has 0 aliphatic heterocycles. The Kier molecular flexibility index (Phi) is 4.63. The monoisotopic (exact) mass is 277 g/mol. The van der Waals surface area contributed by atoms with E-state index in [1.54, 1.807) is 4.68 Å². The zero-order chi connectivity index (χ0) is 14.8. The van der Waals surface area contributed by atoms with E-state index in [4.69, 9.17) is 0 Å². The van der Waals surface area contributed by atoms with Crippen LogP contribution in [-0.4, -0.2) is 15.8 Å². The smallest absolute Gasteiger partial charge is 0.271 e. The lowest BCUT2D eigenvalue weighted by molar-refractivity contribution is 0.479. The molecular formula is C16H27N3O. The lowest BCUT2D eigenvalue weighted by atomic mass is 9.91. The standard InChI is InChI=1S/C16H27N3O/c1-5-6-9-19-15(20)12(11-17-13-7-8-13)10-14(18-19)16(2,3)4/h10,13,17H,5-9,11H2,1-4H3. The van der Waals surface area contributed by atoms with Crippen molar-refractivity contribution < 1.29 is 0 Å². The van der Waals surface area contributed by atoms with Crippen LogP contribution in [0.1, 0.15) is 64.6 Å². The first kappa shape index (κ1) is 15.2. The van der Waals surface area contributed by atoms with Gasteiger partial charge >= 0.3 is 0 Å². The molecule has 0 atom stereocenters. The highest BCUT2D eigenvalue weighted by atomic mass is 16.1. The Hall–Kier alpha value is -1.16. The second-order valence-corrected chi connectivity index (χ2v) is 6.84. The highest BCUT2D eigenvalue weighted by molar-refractivity contribution is 5.19. The van der Waals surface area contributed by atoms with E-state index in [1.807, 2.05) is 6.07 Å². The van der Waals surface area contributed by atoms with Crippen molar-refractivity contribution in [3.63, 3.8) is 0 Å². The van der Waals surface area contributed by atoms with E-state index in [-0.39, 0.29) is 11.0 Å². The molecule has 1 N–H and O–H groups in total. The summed E-state index contributed by atoms with van der Waals surface area (Å²) in [4.78, 5) is 12.4. The Labute approximate surface area is 121 Å². The van der Waals surface area contributed by atoms with Crippen LogP contribution >= 0.6 is 0 Å². The summed E-state index contributed by atoms with van der Waals surface area (Å²) < 4.78 is 1.66. The predicted molar refractivity (Wildman–Crippen MR) is 82.0 cm³/mol. The lowest BCUT2D eigenvalue weighted by Gasteiger charge is -2.20. The molecule has 1 heterocycles. The van der Waals surface area contributed by atoms with Crippen LogP contribution < -0.4 is 10.9 Å². The Balaban J connectivity index is 2.28. The van der Waals surface area contributed by atoms with E-state index >= 15 is 0 Å². The molecule has 1 aromatic rings. The molecule has 0 radical (unpaired) electrons. The Bertz CT molecular complexity index is 509. The first-order valence-corrected chi connectivity index (χ1v) is 7.76. The van der Waals surface area contributed by atoms with Crippen LogP contribution in [-0.2, 0) is 18.5 Å². The van der Waals surface area contributed by atoms with Gasteiger partial charge in [-0.25, -0.2) is 4.68 Å². The van der Waals surface area contributed by atoms with Crippen molar-refractivity contribution in [1.29, 1.82) is 0 Å². The van der Waals surface area contributed by atoms with Crippen LogP contribution in [0, 0.1) is 0 Å². The molecule has 1 fully saturated rings. The van der Waals surface area contributed by atoms with Crippen LogP contribution in [0.5, 0.6) is 0 Å². The van der Waals surface area contributed by atoms with Crippen molar-refractivity contribution in [2.75, 3.05) is 0 Å². The van der Waals surface area contributed by atoms with Gasteiger partial charge in [0, 0.05) is 30.1 Å². The largest absolute Gasteiger partial charge is 0.310 e. The van der Waals surface area contributed by atoms with Gasteiger partial charge in [-0.1, -0.05) is 34.1 Å². The van der Waals surface area contributed by atoms with E-state index in [2.05, 4.69) is 38.1 Å². The number of rotatable bonds is 6. The summed E-state index contributed by atoms with van der Waals surface area (Å²) in [5.74, 6) is 0. The average molecular weight is 277 g/mol. The summed E-state index contributed by atoms with van der Waals surface area (Å²) in [6, 6.07) is 2.60. The second-order valence-electron chi connectivity index (χ2n) is 6.84. The summed E-state index contributed by atoms with van der Waals surface area (Å²) in [6.45, 7) is 9.94. The van der Waals surface area contributed by atoms with Gasteiger partial charge in [-0.3, -0.25) is 4.79 Å². The number of hydrogen-bond acceptors (Lipinski definition) is 3. The molecule has 4 heteroatoms. The first-order valence-electron chi connectivity index (χ1n) is 7.76. The second kappa shape index (κ2) is 6.08. The van der Waals surface area contributed by atoms with Gasteiger partial charge in [-0.2, -0.15) is 5.10 Å². The van der Waals surface area contributed by atoms with Crippen molar-refractivity contribution in [2.24, 2.45) is 0 Å². The van der Waals surface area contributed by atoms with E-state index < -0.39 is 0 Å². The number of hydrogen-bond donors (Lipinski definition) is 1. The molecule has 0 bridgehead atoms. The van der Waals surface area contributed by atoms with Gasteiger partial charge in [0.25, 0.3) is 5.56 Å². The maximum atomic E-state index is 12.4. The fourth-order valence-corrected chi connectivity index (χ4v) is 2.09. The van der Waals surface area contributed by atoms with E-state index in [1.165, 1.54) is 12.8 Å². The fraction of sp³-hybridized carbons (Fsp3) is 0.750. The minimum Gasteiger partial charge on any atom is -0.310 e. The third kappa shape index (κ3) is 3.92. The van der Waals surface area contributed by atoms with Gasteiger partial charge in [-0.05, 0) is 25.3 Å². The average Bonchev–Trinajstić information content (AvgIpc) is 3.18. The summed E-state index contributed by atoms with van der Waals surface area (Å²) >= 11 is 0. The zero-order valence-corrected chi connectivity index (χ0v) is 13.2. The molecule has 1 aliphatic rings. The molecule has 1 aromatic heterocycles. The van der Waals surface area contributed by atoms with Gasteiger partial charge in [0.15, 0.2) is 0 Å². The maximum Gasteiger partial charge on any atom is 0.271 e. The summed E-state index contributed by atoms with van der Waals surface area (Å²) in [5.41, 5.74) is 1.89. The number of aromatic nitrogens is 2. The van der Waals surface area contributed by atoms with Gasteiger partial charge < -0.3 is 5.32 Å². The Morgan fingerprint density at radius 1 is 1.40 bits per heavy atom. The van der Waals surface area contributed by atoms with Crippen molar-refractivity contribution in [2.45, 2.75) is 77.9 Å². The third-order valence-electron chi connectivity index (χ3n) is 3.70. The zero-order valence-electron chi connectivity index (χ0n) is 13.2. The topological polar surface area (TPSA) is 46.9 Å². The van der Waals surface area contributed by atoms with Crippen LogP contribution in [0.25, 0.3) is 0 Å². The number of nitrogens with one attached hydrogen (secondary N) is 1. The van der Waals surface area contributed by atoms with E-state index in [0.717, 1.165) is 30.6 Å². The van der Waals surface area contributed by atoms with Gasteiger partial charge in [-0.15, -0.1) is 0 Å². The molecule has 0 saturated heterocycles. The van der Waals surface area contributed by atoms with Crippen LogP contribution in [0.2, 0.25) is 0 Å². The number of aryl methyl sites for hydroxylation is 1. The predicted octanol–water partition coefficient (Wildman–Crippen LogP) is 2.59. The van der Waals surface area contributed by atoms with Gasteiger partial charge in [0.1, 0.15) is 0 Å². The van der Waals surface area contributed by atoms with Crippen LogP contribution in [0.4, 0.5) is 0 Å². The normalized spacial score (nSPS) is 15.6. The fourth-order valence-electron chi connectivity index (χ4n) is 2.09. The van der Waals surface area contributed by atoms with Gasteiger partial charge in [0.05, 0.1) is 5.69 Å². The maximum absolute atomic E-state index is 12.4. The van der Waals surface area contributed by atoms with Crippen LogP contribution in [0.15, 0.2) is 10.9 Å². The molecule has 2 rings (SSSR count). The minimum absolute atomic E-state index is 0.0318. The minimum atomic E-state index is -0.0318. The SMILES string of the molecule is CCCCn1nc(C(C)(C)C)cc(CNC2CC2)c1=O. The summed E-state index contributed by atoms with van der Waals surface area (Å²) in [6.07, 6.45) is 4.54. The van der Waals surface area contributed by atoms with E-state index in [0.29, 0.717) is 12.6 Å². The molecule has 0 aromatic carbocycles. The quantitative estimate of drug-likeness (QED) is 0.869. The third-order valence-corrected chi connectivity index (χ3v) is 3.70. The number of unbranched alkanes of at least 4 members (excludes halogenated alkanes) is 1. The molecule has 1 saturated carbocycles. The van der Waals surface area contributed by atoms with Crippen molar-refractivity contribution in [3.8, 4) is 0 Å². The molecular weight excluding hydrogens is 250 g/mol. The molecule has 20 heavy (non-hydrogen) atoms. The highest BCUT2D eigenvalue weighted by Gasteiger charge is 2.22. The molecule has 112 valence electrons. The lowest BCUT2D eigenvalue weighted by Crippen LogP contribution is -2.33. The highest BCUT2D eigenvalue weighted by Crippen LogP contribution is 2.21. The van der Waals surface area contributed by atoms with Crippen molar-refractivity contribution in [1.82, 2.24) is 15.1 Å². The first-order chi connectivity index (χ1) is 9.41. The van der Waals surface area contributed by atoms with Crippen molar-refractivity contribution >= 4 is 0 Å². The Morgan fingerprint density at radius 2 is 2.10 bits per heavy atom. The molecule has 0 amide bonds. The summed E-state index contributed by atoms with van der Waals surface area (Å²) in [7, 11) is 0. The van der Waals surface area contributed by atoms with Crippen LogP contribution in [0.3, 0.4) is 0 Å². The summed E-state index contributed by atoms with van der Waals surface area (Å²) in [5, 5.41) is 8.00. The van der Waals surface area contributed by atoms with Gasteiger partial charge in [0.2, 0.25) is 0 Å². The molecule has 0 spiro atoms. The molecule has 4 nitrogen and oxygen atoms in total. The molecule has 0 unspecified atom stereocenters. The van der Waals surface area contributed by atoms with Crippen molar-refractivity contribution in [3.05, 3.63) is 27.7 Å². The Morgan fingerprint density at radius 3 is 2.65 bits per heavy atom. The molecule has 1 aliphatic carbocycles. The van der Waals surface area contributed by atoms with E-state index in [9.17, 15) is 4.79 Å². The number of nitrogens with zero attached hydrogens (tertiary/aromatic N) is 2.